The van der Waals surface area contributed by atoms with Crippen LogP contribution < -0.4 is 0 Å². The molecule has 1 aromatic carbocycles. The molecule has 3 rings (SSSR count). The summed E-state index contributed by atoms with van der Waals surface area (Å²) < 4.78 is 40.6. The number of aromatic nitrogens is 2. The van der Waals surface area contributed by atoms with Crippen LogP contribution in [0.1, 0.15) is 54.6 Å². The number of halogens is 3. The zero-order valence-corrected chi connectivity index (χ0v) is 14.4. The fourth-order valence-corrected chi connectivity index (χ4v) is 3.49. The summed E-state index contributed by atoms with van der Waals surface area (Å²) >= 11 is 0. The first-order valence-electron chi connectivity index (χ1n) is 8.85. The molecule has 1 N–H and O–H groups in total. The van der Waals surface area contributed by atoms with E-state index in [1.165, 1.54) is 6.07 Å². The molecule has 4 nitrogen and oxygen atoms in total. The molecule has 0 saturated carbocycles. The molecule has 7 heteroatoms. The van der Waals surface area contributed by atoms with Gasteiger partial charge in [0.15, 0.2) is 0 Å². The van der Waals surface area contributed by atoms with Crippen LogP contribution in [0.4, 0.5) is 13.2 Å². The Bertz CT molecular complexity index is 797. The van der Waals surface area contributed by atoms with E-state index in [1.807, 2.05) is 0 Å². The molecule has 1 aliphatic rings. The molecule has 0 aliphatic heterocycles. The molecule has 0 unspecified atom stereocenters. The number of carboxylic acid groups (broad SMARTS) is 1. The highest BCUT2D eigenvalue weighted by molar-refractivity contribution is 5.66. The molecule has 0 bridgehead atoms. The normalized spacial score (nSPS) is 13.8. The van der Waals surface area contributed by atoms with Gasteiger partial charge in [0.2, 0.25) is 0 Å². The second kappa shape index (κ2) is 7.51. The molecule has 1 heterocycles. The van der Waals surface area contributed by atoms with Crippen LogP contribution in [0.25, 0.3) is 5.69 Å². The maximum atomic E-state index is 13.0. The van der Waals surface area contributed by atoms with Crippen LogP contribution in [0.15, 0.2) is 24.3 Å². The van der Waals surface area contributed by atoms with Crippen LogP contribution in [0.5, 0.6) is 0 Å². The summed E-state index contributed by atoms with van der Waals surface area (Å²) in [5.41, 5.74) is 2.86. The third-order valence-corrected chi connectivity index (χ3v) is 4.74. The van der Waals surface area contributed by atoms with Crippen LogP contribution in [-0.4, -0.2) is 20.9 Å². The molecule has 26 heavy (non-hydrogen) atoms. The van der Waals surface area contributed by atoms with Gasteiger partial charge >= 0.3 is 12.1 Å². The van der Waals surface area contributed by atoms with Crippen LogP contribution >= 0.6 is 0 Å². The molecule has 0 fully saturated rings. The van der Waals surface area contributed by atoms with Crippen molar-refractivity contribution < 1.29 is 23.1 Å². The van der Waals surface area contributed by atoms with Gasteiger partial charge in [-0.1, -0.05) is 12.5 Å². The van der Waals surface area contributed by atoms with E-state index in [0.717, 1.165) is 67.6 Å². The standard InChI is InChI=1S/C19H21F3N2O2/c20-19(21,22)13-6-4-7-14(12-13)24-17-10-5-8-15(17)16(23-24)9-2-1-3-11-18(25)26/h4,6-7,12H,1-3,5,8-11H2,(H,25,26). The van der Waals surface area contributed by atoms with Gasteiger partial charge < -0.3 is 5.11 Å². The van der Waals surface area contributed by atoms with Gasteiger partial charge in [-0.15, -0.1) is 0 Å². The molecule has 1 aromatic heterocycles. The third kappa shape index (κ3) is 4.08. The lowest BCUT2D eigenvalue weighted by atomic mass is 10.1. The summed E-state index contributed by atoms with van der Waals surface area (Å²) in [6, 6.07) is 5.27. The van der Waals surface area contributed by atoms with Gasteiger partial charge in [-0.05, 0) is 62.3 Å². The Morgan fingerprint density at radius 1 is 1.19 bits per heavy atom. The number of fused-ring (bicyclic) bond motifs is 1. The highest BCUT2D eigenvalue weighted by Crippen LogP contribution is 2.33. The highest BCUT2D eigenvalue weighted by atomic mass is 19.4. The molecule has 1 aliphatic carbocycles. The Hall–Kier alpha value is -2.31. The number of rotatable bonds is 7. The van der Waals surface area contributed by atoms with Crippen LogP contribution in [0.3, 0.4) is 0 Å². The second-order valence-electron chi connectivity index (χ2n) is 6.64. The number of nitrogens with zero attached hydrogens (tertiary/aromatic N) is 2. The Balaban J connectivity index is 1.78. The number of carbonyl (C=O) groups is 1. The number of aryl methyl sites for hydroxylation is 1. The number of benzene rings is 1. The Labute approximate surface area is 149 Å². The number of aliphatic carboxylic acids is 1. The van der Waals surface area contributed by atoms with Crippen molar-refractivity contribution in [3.05, 3.63) is 46.8 Å². The maximum Gasteiger partial charge on any atom is 0.416 e. The fraction of sp³-hybridized carbons (Fsp3) is 0.474. The topological polar surface area (TPSA) is 55.1 Å². The molecule has 0 radical (unpaired) electrons. The molecule has 0 amide bonds. The summed E-state index contributed by atoms with van der Waals surface area (Å²) in [6.07, 6.45) is 1.49. The smallest absolute Gasteiger partial charge is 0.416 e. The van der Waals surface area contributed by atoms with Crippen LogP contribution in [-0.2, 0) is 30.2 Å². The Kier molecular flexibility index (Phi) is 5.34. The first-order chi connectivity index (χ1) is 12.4. The van der Waals surface area contributed by atoms with Crippen molar-refractivity contribution in [1.82, 2.24) is 9.78 Å². The van der Waals surface area contributed by atoms with Crippen molar-refractivity contribution in [2.45, 2.75) is 57.5 Å². The first kappa shape index (κ1) is 18.5. The van der Waals surface area contributed by atoms with Crippen molar-refractivity contribution in [3.8, 4) is 5.69 Å². The van der Waals surface area contributed by atoms with Gasteiger partial charge in [-0.3, -0.25) is 4.79 Å². The van der Waals surface area contributed by atoms with Gasteiger partial charge in [0, 0.05) is 12.1 Å². The predicted molar refractivity (Wildman–Crippen MR) is 90.4 cm³/mol. The van der Waals surface area contributed by atoms with Gasteiger partial charge in [-0.25, -0.2) is 4.68 Å². The minimum atomic E-state index is -4.38. The van der Waals surface area contributed by atoms with E-state index < -0.39 is 17.7 Å². The van der Waals surface area contributed by atoms with Crippen LogP contribution in [0.2, 0.25) is 0 Å². The Morgan fingerprint density at radius 2 is 2.00 bits per heavy atom. The summed E-state index contributed by atoms with van der Waals surface area (Å²) in [4.78, 5) is 10.5. The molecular formula is C19H21F3N2O2. The monoisotopic (exact) mass is 366 g/mol. The zero-order chi connectivity index (χ0) is 18.7. The van der Waals surface area contributed by atoms with E-state index in [1.54, 1.807) is 10.7 Å². The van der Waals surface area contributed by atoms with Crippen molar-refractivity contribution in [2.24, 2.45) is 0 Å². The van der Waals surface area contributed by atoms with E-state index in [0.29, 0.717) is 12.1 Å². The molecule has 2 aromatic rings. The SMILES string of the molecule is O=C(O)CCCCCc1nn(-c2cccc(C(F)(F)F)c2)c2c1CCC2. The third-order valence-electron chi connectivity index (χ3n) is 4.74. The van der Waals surface area contributed by atoms with Gasteiger partial charge in [0.1, 0.15) is 0 Å². The lowest BCUT2D eigenvalue weighted by Crippen LogP contribution is -2.08. The largest absolute Gasteiger partial charge is 0.481 e. The van der Waals surface area contributed by atoms with Crippen molar-refractivity contribution in [3.63, 3.8) is 0 Å². The summed E-state index contributed by atoms with van der Waals surface area (Å²) in [7, 11) is 0. The van der Waals surface area contributed by atoms with Crippen molar-refractivity contribution >= 4 is 5.97 Å². The quantitative estimate of drug-likeness (QED) is 0.731. The minimum Gasteiger partial charge on any atom is -0.481 e. The first-order valence-corrected chi connectivity index (χ1v) is 8.85. The number of unbranched alkanes of at least 4 members (excludes halogenated alkanes) is 2. The van der Waals surface area contributed by atoms with Gasteiger partial charge in [-0.2, -0.15) is 18.3 Å². The van der Waals surface area contributed by atoms with E-state index in [-0.39, 0.29) is 6.42 Å². The zero-order valence-electron chi connectivity index (χ0n) is 14.4. The molecule has 140 valence electrons. The molecule has 0 saturated heterocycles. The highest BCUT2D eigenvalue weighted by Gasteiger charge is 2.31. The van der Waals surface area contributed by atoms with Crippen LogP contribution in [0, 0.1) is 0 Å². The lowest BCUT2D eigenvalue weighted by Gasteiger charge is -2.10. The number of carboxylic acids is 1. The lowest BCUT2D eigenvalue weighted by molar-refractivity contribution is -0.138. The van der Waals surface area contributed by atoms with E-state index in [9.17, 15) is 18.0 Å². The van der Waals surface area contributed by atoms with Gasteiger partial charge in [0.05, 0.1) is 16.9 Å². The second-order valence-corrected chi connectivity index (χ2v) is 6.64. The summed E-state index contributed by atoms with van der Waals surface area (Å²) in [5.74, 6) is -0.792. The Morgan fingerprint density at radius 3 is 2.73 bits per heavy atom. The fourth-order valence-electron chi connectivity index (χ4n) is 3.49. The predicted octanol–water partition coefficient (Wildman–Crippen LogP) is 4.57. The van der Waals surface area contributed by atoms with Crippen molar-refractivity contribution in [2.75, 3.05) is 0 Å². The van der Waals surface area contributed by atoms with E-state index in [4.69, 9.17) is 5.11 Å². The minimum absolute atomic E-state index is 0.163. The molecule has 0 atom stereocenters. The van der Waals surface area contributed by atoms with E-state index in [2.05, 4.69) is 5.10 Å². The summed E-state index contributed by atoms with van der Waals surface area (Å²) in [5, 5.41) is 13.3. The number of hydrogen-bond donors (Lipinski definition) is 1. The van der Waals surface area contributed by atoms with Gasteiger partial charge in [0.25, 0.3) is 0 Å². The maximum absolute atomic E-state index is 13.0. The number of alkyl halides is 3. The van der Waals surface area contributed by atoms with E-state index >= 15 is 0 Å². The van der Waals surface area contributed by atoms with Crippen molar-refractivity contribution in [1.29, 1.82) is 0 Å². The number of hydrogen-bond acceptors (Lipinski definition) is 2. The molecule has 0 spiro atoms. The average molecular weight is 366 g/mol. The summed E-state index contributed by atoms with van der Waals surface area (Å²) in [6.45, 7) is 0. The molecular weight excluding hydrogens is 345 g/mol. The average Bonchev–Trinajstić information content (AvgIpc) is 3.17.